The number of ether oxygens (including phenoxy) is 1. The molecule has 0 N–H and O–H groups in total. The minimum Gasteiger partial charge on any atom is -0.482 e. The van der Waals surface area contributed by atoms with E-state index in [1.54, 1.807) is 25.2 Å². The summed E-state index contributed by atoms with van der Waals surface area (Å²) >= 11 is 0. The number of rotatable bonds is 4. The molecule has 0 bridgehead atoms. The van der Waals surface area contributed by atoms with Gasteiger partial charge in [0.1, 0.15) is 5.75 Å². The predicted octanol–water partition coefficient (Wildman–Crippen LogP) is 2.15. The molecule has 1 aliphatic rings. The molecule has 0 saturated heterocycles. The van der Waals surface area contributed by atoms with E-state index in [-0.39, 0.29) is 30.5 Å². The number of nitrogens with zero attached hydrogens (tertiary/aromatic N) is 3. The SMILES string of the molecule is CN1C(=O)COc2ccc(C(=O)Cn3c(=O)ccc4cc([N+](=O)[O-])ccc43)cc21. The van der Waals surface area contributed by atoms with Gasteiger partial charge in [0.2, 0.25) is 0 Å². The fourth-order valence-electron chi connectivity index (χ4n) is 3.25. The Balaban J connectivity index is 1.71. The fraction of sp³-hybridized carbons (Fsp3) is 0.150. The van der Waals surface area contributed by atoms with Gasteiger partial charge in [-0.1, -0.05) is 0 Å². The van der Waals surface area contributed by atoms with E-state index < -0.39 is 10.5 Å². The van der Waals surface area contributed by atoms with E-state index >= 15 is 0 Å². The summed E-state index contributed by atoms with van der Waals surface area (Å²) in [4.78, 5) is 48.9. The number of hydrogen-bond donors (Lipinski definition) is 0. The summed E-state index contributed by atoms with van der Waals surface area (Å²) in [5, 5.41) is 11.5. The van der Waals surface area contributed by atoms with Crippen molar-refractivity contribution in [3.05, 3.63) is 74.6 Å². The molecular weight excluding hydrogens is 378 g/mol. The highest BCUT2D eigenvalue weighted by atomic mass is 16.6. The van der Waals surface area contributed by atoms with Crippen molar-refractivity contribution in [1.29, 1.82) is 0 Å². The number of carbonyl (C=O) groups excluding carboxylic acids is 2. The first-order chi connectivity index (χ1) is 13.8. The van der Waals surface area contributed by atoms with Crippen molar-refractivity contribution < 1.29 is 19.2 Å². The standard InChI is InChI=1S/C20H15N3O6/c1-21-16-9-13(2-6-18(16)29-11-20(21)26)17(24)10-22-15-5-4-14(23(27)28)8-12(15)3-7-19(22)25/h2-9H,10-11H2,1H3. The molecule has 2 aromatic carbocycles. The lowest BCUT2D eigenvalue weighted by Gasteiger charge is -2.26. The minimum atomic E-state index is -0.521. The van der Waals surface area contributed by atoms with E-state index in [0.717, 1.165) is 0 Å². The Labute approximate surface area is 163 Å². The summed E-state index contributed by atoms with van der Waals surface area (Å²) in [7, 11) is 1.60. The van der Waals surface area contributed by atoms with Crippen LogP contribution in [0.25, 0.3) is 10.9 Å². The second-order valence-electron chi connectivity index (χ2n) is 6.61. The third kappa shape index (κ3) is 3.22. The Hall–Kier alpha value is -4.01. The van der Waals surface area contributed by atoms with Gasteiger partial charge in [0.15, 0.2) is 12.4 Å². The second-order valence-corrected chi connectivity index (χ2v) is 6.61. The topological polar surface area (TPSA) is 112 Å². The van der Waals surface area contributed by atoms with Gasteiger partial charge in [-0.25, -0.2) is 0 Å². The molecule has 0 aliphatic carbocycles. The van der Waals surface area contributed by atoms with Gasteiger partial charge in [-0.2, -0.15) is 0 Å². The van der Waals surface area contributed by atoms with Crippen LogP contribution in [-0.2, 0) is 11.3 Å². The highest BCUT2D eigenvalue weighted by Gasteiger charge is 2.23. The van der Waals surface area contributed by atoms with Crippen molar-refractivity contribution in [3.63, 3.8) is 0 Å². The maximum Gasteiger partial charge on any atom is 0.270 e. The number of nitro benzene ring substituents is 1. The zero-order valence-electron chi connectivity index (χ0n) is 15.3. The van der Waals surface area contributed by atoms with Crippen molar-refractivity contribution in [2.45, 2.75) is 6.54 Å². The number of nitro groups is 1. The first-order valence-corrected chi connectivity index (χ1v) is 8.70. The number of fused-ring (bicyclic) bond motifs is 2. The fourth-order valence-corrected chi connectivity index (χ4v) is 3.25. The van der Waals surface area contributed by atoms with Crippen LogP contribution in [0.3, 0.4) is 0 Å². The van der Waals surface area contributed by atoms with E-state index in [0.29, 0.717) is 27.9 Å². The number of anilines is 1. The van der Waals surface area contributed by atoms with E-state index in [1.807, 2.05) is 0 Å². The van der Waals surface area contributed by atoms with Crippen LogP contribution in [-0.4, -0.2) is 34.8 Å². The van der Waals surface area contributed by atoms with Gasteiger partial charge in [-0.05, 0) is 30.3 Å². The Kier molecular flexibility index (Phi) is 4.34. The molecule has 146 valence electrons. The summed E-state index contributed by atoms with van der Waals surface area (Å²) in [6.45, 7) is -0.306. The number of likely N-dealkylation sites (N-methyl/N-ethyl adjacent to an activating group) is 1. The van der Waals surface area contributed by atoms with Gasteiger partial charge in [0, 0.05) is 36.2 Å². The van der Waals surface area contributed by atoms with Crippen LogP contribution in [0.2, 0.25) is 0 Å². The Morgan fingerprint density at radius 3 is 2.69 bits per heavy atom. The number of ketones is 1. The number of amides is 1. The summed E-state index contributed by atoms with van der Waals surface area (Å²) in [5.74, 6) is -0.0700. The van der Waals surface area contributed by atoms with Crippen LogP contribution in [0, 0.1) is 10.1 Å². The maximum absolute atomic E-state index is 12.8. The summed E-state index contributed by atoms with van der Waals surface area (Å²) in [6.07, 6.45) is 0. The quantitative estimate of drug-likeness (QED) is 0.381. The van der Waals surface area contributed by atoms with Crippen molar-refractivity contribution in [1.82, 2.24) is 4.57 Å². The van der Waals surface area contributed by atoms with Crippen molar-refractivity contribution in [3.8, 4) is 5.75 Å². The van der Waals surface area contributed by atoms with Crippen molar-refractivity contribution in [2.75, 3.05) is 18.6 Å². The van der Waals surface area contributed by atoms with Crippen molar-refractivity contribution in [2.24, 2.45) is 0 Å². The smallest absolute Gasteiger partial charge is 0.270 e. The van der Waals surface area contributed by atoms with E-state index in [2.05, 4.69) is 0 Å². The number of carbonyl (C=O) groups is 2. The lowest BCUT2D eigenvalue weighted by molar-refractivity contribution is -0.384. The molecule has 9 heteroatoms. The molecule has 2 heterocycles. The largest absolute Gasteiger partial charge is 0.482 e. The van der Waals surface area contributed by atoms with Crippen LogP contribution >= 0.6 is 0 Å². The number of benzene rings is 2. The zero-order valence-corrected chi connectivity index (χ0v) is 15.3. The van der Waals surface area contributed by atoms with Gasteiger partial charge in [-0.15, -0.1) is 0 Å². The molecule has 3 aromatic rings. The lowest BCUT2D eigenvalue weighted by atomic mass is 10.1. The molecule has 9 nitrogen and oxygen atoms in total. The average molecular weight is 393 g/mol. The van der Waals surface area contributed by atoms with Crippen molar-refractivity contribution >= 4 is 34.0 Å². The average Bonchev–Trinajstić information content (AvgIpc) is 2.72. The predicted molar refractivity (Wildman–Crippen MR) is 105 cm³/mol. The van der Waals surface area contributed by atoms with Gasteiger partial charge < -0.3 is 14.2 Å². The van der Waals surface area contributed by atoms with Gasteiger partial charge in [0.25, 0.3) is 17.2 Å². The number of pyridine rings is 1. The summed E-state index contributed by atoms with van der Waals surface area (Å²) < 4.78 is 6.62. The summed E-state index contributed by atoms with van der Waals surface area (Å²) in [6, 6.07) is 11.6. The number of aromatic nitrogens is 1. The molecule has 0 atom stereocenters. The number of non-ortho nitro benzene ring substituents is 1. The van der Waals surface area contributed by atoms with Crippen LogP contribution in [0.4, 0.5) is 11.4 Å². The third-order valence-electron chi connectivity index (χ3n) is 4.85. The van der Waals surface area contributed by atoms with E-state index in [4.69, 9.17) is 4.74 Å². The molecular formula is C20H15N3O6. The molecule has 0 fully saturated rings. The van der Waals surface area contributed by atoms with E-state index in [1.165, 1.54) is 39.8 Å². The molecule has 0 saturated carbocycles. The number of hydrogen-bond acceptors (Lipinski definition) is 6. The molecule has 0 radical (unpaired) electrons. The van der Waals surface area contributed by atoms with E-state index in [9.17, 15) is 24.5 Å². The Bertz CT molecular complexity index is 1250. The molecule has 0 unspecified atom stereocenters. The Morgan fingerprint density at radius 2 is 1.93 bits per heavy atom. The first kappa shape index (κ1) is 18.4. The lowest BCUT2D eigenvalue weighted by Crippen LogP contribution is -2.35. The minimum absolute atomic E-state index is 0.0612. The molecule has 0 spiro atoms. The second kappa shape index (κ2) is 6.86. The third-order valence-corrected chi connectivity index (χ3v) is 4.85. The van der Waals surface area contributed by atoms with Crippen LogP contribution in [0.1, 0.15) is 10.4 Å². The zero-order chi connectivity index (χ0) is 20.7. The highest BCUT2D eigenvalue weighted by molar-refractivity contribution is 6.02. The molecule has 1 amide bonds. The highest BCUT2D eigenvalue weighted by Crippen LogP contribution is 2.32. The molecule has 1 aliphatic heterocycles. The molecule has 4 rings (SSSR count). The van der Waals surface area contributed by atoms with Crippen LogP contribution < -0.4 is 15.2 Å². The van der Waals surface area contributed by atoms with Crippen LogP contribution in [0.15, 0.2) is 53.3 Å². The molecule has 29 heavy (non-hydrogen) atoms. The van der Waals surface area contributed by atoms with Gasteiger partial charge in [0.05, 0.1) is 22.7 Å². The van der Waals surface area contributed by atoms with Gasteiger partial charge >= 0.3 is 0 Å². The Morgan fingerprint density at radius 1 is 1.14 bits per heavy atom. The molecule has 1 aromatic heterocycles. The maximum atomic E-state index is 12.8. The monoisotopic (exact) mass is 393 g/mol. The van der Waals surface area contributed by atoms with Crippen LogP contribution in [0.5, 0.6) is 5.75 Å². The number of Topliss-reactive ketones (excluding diaryl/α,β-unsaturated/α-hetero) is 1. The van der Waals surface area contributed by atoms with Gasteiger partial charge in [-0.3, -0.25) is 24.5 Å². The first-order valence-electron chi connectivity index (χ1n) is 8.70. The summed E-state index contributed by atoms with van der Waals surface area (Å²) in [5.41, 5.74) is 0.724. The normalized spacial score (nSPS) is 13.1.